The van der Waals surface area contributed by atoms with Crippen molar-refractivity contribution in [2.75, 3.05) is 26.2 Å². The summed E-state index contributed by atoms with van der Waals surface area (Å²) >= 11 is 0. The number of hydrogen-bond donors (Lipinski definition) is 0. The number of benzene rings is 3. The lowest BCUT2D eigenvalue weighted by molar-refractivity contribution is 0.0626. The minimum Gasteiger partial charge on any atom is -0.336 e. The van der Waals surface area contributed by atoms with Gasteiger partial charge in [0, 0.05) is 61.0 Å². The zero-order chi connectivity index (χ0) is 26.0. The van der Waals surface area contributed by atoms with Crippen molar-refractivity contribution in [1.82, 2.24) is 14.8 Å². The number of piperazine rings is 1. The number of amides is 1. The number of carbonyl (C=O) groups is 1. The Morgan fingerprint density at radius 1 is 0.838 bits per heavy atom. The van der Waals surface area contributed by atoms with Crippen LogP contribution in [0.1, 0.15) is 21.5 Å². The first-order valence-electron chi connectivity index (χ1n) is 11.9. The minimum absolute atomic E-state index is 0.0146. The zero-order valence-electron chi connectivity index (χ0n) is 20.0. The Morgan fingerprint density at radius 2 is 1.59 bits per heavy atom. The normalized spacial score (nSPS) is 14.7. The average molecular weight is 522 g/mol. The number of aromatic nitrogens is 1. The molecular formula is C28H25F2N3O3S. The largest absolute Gasteiger partial charge is 0.336 e. The van der Waals surface area contributed by atoms with Crippen molar-refractivity contribution < 1.29 is 22.0 Å². The Kier molecular flexibility index (Phi) is 6.99. The summed E-state index contributed by atoms with van der Waals surface area (Å²) < 4.78 is 55.1. The smallest absolute Gasteiger partial charge is 0.254 e. The molecule has 0 N–H and O–H groups in total. The molecule has 6 nitrogen and oxygen atoms in total. The molecule has 1 aliphatic heterocycles. The fourth-order valence-corrected chi connectivity index (χ4v) is 6.12. The lowest BCUT2D eigenvalue weighted by Gasteiger charge is -2.34. The van der Waals surface area contributed by atoms with Crippen LogP contribution in [0, 0.1) is 11.6 Å². The Balaban J connectivity index is 1.26. The van der Waals surface area contributed by atoms with E-state index < -0.39 is 21.4 Å². The Bertz CT molecular complexity index is 1560. The number of sulfone groups is 1. The predicted molar refractivity (Wildman–Crippen MR) is 137 cm³/mol. The molecule has 190 valence electrons. The van der Waals surface area contributed by atoms with Gasteiger partial charge in [-0.15, -0.1) is 0 Å². The Labute approximate surface area is 214 Å². The SMILES string of the molecule is O=C(c1ccc(CS(=O)(=O)c2cccc3cccnc23)c(F)c1)N1CCN(Cc2ccccc2F)CC1. The van der Waals surface area contributed by atoms with Crippen molar-refractivity contribution in [3.05, 3.63) is 107 Å². The van der Waals surface area contributed by atoms with Gasteiger partial charge in [0.1, 0.15) is 11.6 Å². The van der Waals surface area contributed by atoms with Crippen LogP contribution in [0.25, 0.3) is 10.9 Å². The molecule has 1 fully saturated rings. The van der Waals surface area contributed by atoms with E-state index in [4.69, 9.17) is 0 Å². The number of halogens is 2. The molecular weight excluding hydrogens is 496 g/mol. The predicted octanol–water partition coefficient (Wildman–Crippen LogP) is 4.44. The van der Waals surface area contributed by atoms with Crippen LogP contribution in [0.15, 0.2) is 83.9 Å². The van der Waals surface area contributed by atoms with Crippen LogP contribution in [0.2, 0.25) is 0 Å². The highest BCUT2D eigenvalue weighted by Gasteiger charge is 2.25. The van der Waals surface area contributed by atoms with Crippen LogP contribution >= 0.6 is 0 Å². The summed E-state index contributed by atoms with van der Waals surface area (Å²) in [4.78, 5) is 20.9. The second-order valence-electron chi connectivity index (χ2n) is 9.06. The monoisotopic (exact) mass is 521 g/mol. The van der Waals surface area contributed by atoms with E-state index in [-0.39, 0.29) is 27.7 Å². The zero-order valence-corrected chi connectivity index (χ0v) is 20.8. The highest BCUT2D eigenvalue weighted by molar-refractivity contribution is 7.90. The summed E-state index contributed by atoms with van der Waals surface area (Å²) in [5.74, 6) is -1.87. The van der Waals surface area contributed by atoms with Gasteiger partial charge in [-0.25, -0.2) is 17.2 Å². The highest BCUT2D eigenvalue weighted by Crippen LogP contribution is 2.25. The molecule has 0 atom stereocenters. The molecule has 0 spiro atoms. The van der Waals surface area contributed by atoms with Crippen molar-refractivity contribution >= 4 is 26.6 Å². The van der Waals surface area contributed by atoms with E-state index in [1.807, 2.05) is 0 Å². The third kappa shape index (κ3) is 5.38. The van der Waals surface area contributed by atoms with E-state index in [2.05, 4.69) is 9.88 Å². The summed E-state index contributed by atoms with van der Waals surface area (Å²) in [5.41, 5.74) is 1.09. The number of para-hydroxylation sites is 1. The number of pyridine rings is 1. The highest BCUT2D eigenvalue weighted by atomic mass is 32.2. The van der Waals surface area contributed by atoms with E-state index in [1.54, 1.807) is 47.4 Å². The van der Waals surface area contributed by atoms with Gasteiger partial charge in [-0.1, -0.05) is 42.5 Å². The van der Waals surface area contributed by atoms with E-state index >= 15 is 0 Å². The molecule has 5 rings (SSSR count). The van der Waals surface area contributed by atoms with Crippen molar-refractivity contribution in [2.45, 2.75) is 17.2 Å². The molecule has 0 aliphatic carbocycles. The third-order valence-corrected chi connectivity index (χ3v) is 8.28. The number of rotatable bonds is 6. The number of fused-ring (bicyclic) bond motifs is 1. The fraction of sp³-hybridized carbons (Fsp3) is 0.214. The van der Waals surface area contributed by atoms with Crippen LogP contribution in [0.3, 0.4) is 0 Å². The first-order valence-corrected chi connectivity index (χ1v) is 13.6. The fourth-order valence-electron chi connectivity index (χ4n) is 4.57. The lowest BCUT2D eigenvalue weighted by Crippen LogP contribution is -2.48. The summed E-state index contributed by atoms with van der Waals surface area (Å²) in [7, 11) is -3.88. The molecule has 37 heavy (non-hydrogen) atoms. The summed E-state index contributed by atoms with van der Waals surface area (Å²) in [6, 6.07) is 18.9. The van der Waals surface area contributed by atoms with E-state index in [1.165, 1.54) is 30.5 Å². The topological polar surface area (TPSA) is 70.6 Å². The molecule has 0 radical (unpaired) electrons. The van der Waals surface area contributed by atoms with Gasteiger partial charge >= 0.3 is 0 Å². The molecule has 4 aromatic rings. The number of nitrogens with zero attached hydrogens (tertiary/aromatic N) is 3. The quantitative estimate of drug-likeness (QED) is 0.375. The molecule has 1 aromatic heterocycles. The van der Waals surface area contributed by atoms with E-state index in [0.717, 1.165) is 6.07 Å². The molecule has 1 amide bonds. The second-order valence-corrected chi connectivity index (χ2v) is 11.0. The first kappa shape index (κ1) is 25.0. The molecule has 0 unspecified atom stereocenters. The first-order chi connectivity index (χ1) is 17.8. The average Bonchev–Trinajstić information content (AvgIpc) is 2.91. The van der Waals surface area contributed by atoms with E-state index in [0.29, 0.717) is 49.2 Å². The van der Waals surface area contributed by atoms with Gasteiger partial charge in [-0.3, -0.25) is 14.7 Å². The van der Waals surface area contributed by atoms with Gasteiger partial charge in [0.05, 0.1) is 16.2 Å². The Hall–Kier alpha value is -3.69. The third-order valence-electron chi connectivity index (χ3n) is 6.59. The molecule has 0 saturated carbocycles. The number of carbonyl (C=O) groups excluding carboxylic acids is 1. The molecule has 0 bridgehead atoms. The van der Waals surface area contributed by atoms with Gasteiger partial charge in [0.2, 0.25) is 0 Å². The van der Waals surface area contributed by atoms with Crippen LogP contribution in [0.4, 0.5) is 8.78 Å². The summed E-state index contributed by atoms with van der Waals surface area (Å²) in [6.45, 7) is 2.45. The molecule has 1 saturated heterocycles. The maximum Gasteiger partial charge on any atom is 0.254 e. The summed E-state index contributed by atoms with van der Waals surface area (Å²) in [6.07, 6.45) is 1.52. The van der Waals surface area contributed by atoms with Gasteiger partial charge in [-0.05, 0) is 30.3 Å². The molecule has 2 heterocycles. The van der Waals surface area contributed by atoms with E-state index in [9.17, 15) is 22.0 Å². The number of hydrogen-bond acceptors (Lipinski definition) is 5. The van der Waals surface area contributed by atoms with Crippen molar-refractivity contribution in [2.24, 2.45) is 0 Å². The van der Waals surface area contributed by atoms with Gasteiger partial charge in [0.25, 0.3) is 5.91 Å². The van der Waals surface area contributed by atoms with Gasteiger partial charge in [0.15, 0.2) is 9.84 Å². The Morgan fingerprint density at radius 3 is 2.35 bits per heavy atom. The molecule has 3 aromatic carbocycles. The minimum atomic E-state index is -3.88. The van der Waals surface area contributed by atoms with Crippen LogP contribution < -0.4 is 0 Å². The maximum absolute atomic E-state index is 15.0. The second kappa shape index (κ2) is 10.4. The van der Waals surface area contributed by atoms with Crippen LogP contribution in [-0.4, -0.2) is 55.3 Å². The molecule has 9 heteroatoms. The van der Waals surface area contributed by atoms with Crippen molar-refractivity contribution in [3.63, 3.8) is 0 Å². The van der Waals surface area contributed by atoms with Crippen molar-refractivity contribution in [1.29, 1.82) is 0 Å². The van der Waals surface area contributed by atoms with Crippen LogP contribution in [-0.2, 0) is 22.1 Å². The van der Waals surface area contributed by atoms with Gasteiger partial charge < -0.3 is 4.90 Å². The lowest BCUT2D eigenvalue weighted by atomic mass is 10.1. The maximum atomic E-state index is 15.0. The molecule has 1 aliphatic rings. The van der Waals surface area contributed by atoms with Crippen molar-refractivity contribution in [3.8, 4) is 0 Å². The standard InChI is InChI=1S/C28H25F2N3O3S/c29-24-8-2-1-5-22(24)18-32-13-15-33(16-14-32)28(34)21-10-11-23(25(30)17-21)19-37(35,36)26-9-3-6-20-7-4-12-31-27(20)26/h1-12,17H,13-16,18-19H2. The van der Waals surface area contributed by atoms with Crippen LogP contribution in [0.5, 0.6) is 0 Å². The summed E-state index contributed by atoms with van der Waals surface area (Å²) in [5, 5.41) is 0.680. The van der Waals surface area contributed by atoms with Gasteiger partial charge in [-0.2, -0.15) is 0 Å².